The van der Waals surface area contributed by atoms with Crippen molar-refractivity contribution in [1.82, 2.24) is 10.2 Å². The Kier molecular flexibility index (Phi) is 9.85. The average Bonchev–Trinajstić information content (AvgIpc) is 2.71. The normalized spacial score (nSPS) is 11.7. The molecule has 1 atom stereocenters. The molecular weight excluding hydrogens is 427 g/mol. The Morgan fingerprint density at radius 3 is 2.38 bits per heavy atom. The molecule has 1 unspecified atom stereocenters. The number of nitrogens with zero attached hydrogens (tertiary/aromatic N) is 1. The highest BCUT2D eigenvalue weighted by Crippen LogP contribution is 2.22. The van der Waals surface area contributed by atoms with Crippen molar-refractivity contribution >= 4 is 46.8 Å². The third-order valence-electron chi connectivity index (χ3n) is 4.44. The van der Waals surface area contributed by atoms with Crippen molar-refractivity contribution in [3.05, 3.63) is 69.7 Å². The van der Waals surface area contributed by atoms with Crippen LogP contribution in [0, 0.1) is 0 Å². The van der Waals surface area contributed by atoms with Gasteiger partial charge < -0.3 is 10.2 Å². The summed E-state index contributed by atoms with van der Waals surface area (Å²) < 4.78 is 0. The molecule has 1 N–H and O–H groups in total. The zero-order valence-corrected chi connectivity index (χ0v) is 19.0. The molecule has 156 valence electrons. The van der Waals surface area contributed by atoms with Crippen molar-refractivity contribution in [2.24, 2.45) is 0 Å². The first-order chi connectivity index (χ1) is 14.0. The number of nitrogens with one attached hydrogen (secondary N) is 1. The Morgan fingerprint density at radius 1 is 1.07 bits per heavy atom. The van der Waals surface area contributed by atoms with E-state index in [1.54, 1.807) is 17.0 Å². The minimum atomic E-state index is -0.515. The van der Waals surface area contributed by atoms with Crippen LogP contribution >= 0.6 is 35.0 Å². The molecule has 0 aliphatic carbocycles. The maximum absolute atomic E-state index is 13.1. The molecule has 0 radical (unpaired) electrons. The van der Waals surface area contributed by atoms with E-state index in [2.05, 4.69) is 5.32 Å². The van der Waals surface area contributed by atoms with E-state index in [4.69, 9.17) is 23.2 Å². The van der Waals surface area contributed by atoms with Crippen LogP contribution in [0.5, 0.6) is 0 Å². The molecule has 0 heterocycles. The van der Waals surface area contributed by atoms with E-state index in [1.807, 2.05) is 50.2 Å². The number of amides is 2. The van der Waals surface area contributed by atoms with Crippen LogP contribution in [0.3, 0.4) is 0 Å². The molecule has 0 aliphatic heterocycles. The first kappa shape index (κ1) is 23.6. The lowest BCUT2D eigenvalue weighted by Gasteiger charge is -2.30. The highest BCUT2D eigenvalue weighted by Gasteiger charge is 2.28. The molecule has 0 saturated heterocycles. The molecule has 2 amide bonds. The van der Waals surface area contributed by atoms with Gasteiger partial charge in [0.15, 0.2) is 0 Å². The zero-order valence-electron chi connectivity index (χ0n) is 16.7. The number of carbonyl (C=O) groups is 2. The first-order valence-electron chi connectivity index (χ1n) is 9.59. The van der Waals surface area contributed by atoms with Crippen molar-refractivity contribution in [1.29, 1.82) is 0 Å². The van der Waals surface area contributed by atoms with E-state index in [1.165, 1.54) is 11.8 Å². The second kappa shape index (κ2) is 12.1. The topological polar surface area (TPSA) is 49.4 Å². The molecule has 7 heteroatoms. The molecule has 2 rings (SSSR count). The molecule has 0 spiro atoms. The average molecular weight is 453 g/mol. The fraction of sp³-hybridized carbons (Fsp3) is 0.364. The van der Waals surface area contributed by atoms with Gasteiger partial charge in [0.2, 0.25) is 11.8 Å². The lowest BCUT2D eigenvalue weighted by Crippen LogP contribution is -2.49. The van der Waals surface area contributed by atoms with E-state index >= 15 is 0 Å². The highest BCUT2D eigenvalue weighted by molar-refractivity contribution is 7.99. The van der Waals surface area contributed by atoms with Gasteiger partial charge in [0.1, 0.15) is 6.04 Å². The second-order valence-corrected chi connectivity index (χ2v) is 8.38. The van der Waals surface area contributed by atoms with E-state index in [9.17, 15) is 9.59 Å². The minimum Gasteiger partial charge on any atom is -0.355 e. The summed E-state index contributed by atoms with van der Waals surface area (Å²) in [5, 5.41) is 4.17. The van der Waals surface area contributed by atoms with Gasteiger partial charge in [-0.15, -0.1) is 11.8 Å². The third kappa shape index (κ3) is 7.25. The number of hydrogen-bond acceptors (Lipinski definition) is 3. The van der Waals surface area contributed by atoms with Gasteiger partial charge in [-0.25, -0.2) is 0 Å². The van der Waals surface area contributed by atoms with Crippen LogP contribution in [0.15, 0.2) is 48.5 Å². The van der Waals surface area contributed by atoms with Gasteiger partial charge in [-0.3, -0.25) is 9.59 Å². The summed E-state index contributed by atoms with van der Waals surface area (Å²) in [6.07, 6.45) is 0.542. The number of halogens is 2. The molecule has 0 fully saturated rings. The minimum absolute atomic E-state index is 0.0740. The molecule has 4 nitrogen and oxygen atoms in total. The van der Waals surface area contributed by atoms with Crippen LogP contribution < -0.4 is 5.32 Å². The van der Waals surface area contributed by atoms with Crippen molar-refractivity contribution in [2.75, 3.05) is 12.3 Å². The monoisotopic (exact) mass is 452 g/mol. The first-order valence-corrected chi connectivity index (χ1v) is 11.5. The van der Waals surface area contributed by atoms with Gasteiger partial charge in [0.05, 0.1) is 5.75 Å². The van der Waals surface area contributed by atoms with Gasteiger partial charge >= 0.3 is 0 Å². The van der Waals surface area contributed by atoms with Crippen LogP contribution in [-0.4, -0.2) is 35.1 Å². The van der Waals surface area contributed by atoms with E-state index in [0.29, 0.717) is 35.3 Å². The number of carbonyl (C=O) groups excluding carboxylic acids is 2. The van der Waals surface area contributed by atoms with Gasteiger partial charge in [-0.2, -0.15) is 0 Å². The highest BCUT2D eigenvalue weighted by atomic mass is 35.5. The van der Waals surface area contributed by atoms with Crippen molar-refractivity contribution < 1.29 is 9.59 Å². The van der Waals surface area contributed by atoms with E-state index < -0.39 is 6.04 Å². The quantitative estimate of drug-likeness (QED) is 0.540. The molecule has 0 aromatic heterocycles. The summed E-state index contributed by atoms with van der Waals surface area (Å²) in [5.74, 6) is 0.705. The van der Waals surface area contributed by atoms with E-state index in [-0.39, 0.29) is 17.6 Å². The van der Waals surface area contributed by atoms with Crippen molar-refractivity contribution in [2.45, 2.75) is 38.6 Å². The Bertz CT molecular complexity index is 815. The standard InChI is InChI=1S/C22H26Cl2N2O2S/c1-3-20(22(28)25-4-2)26(13-16-9-11-18(23)12-10-16)21(27)15-29-14-17-7-5-6-8-19(17)24/h5-12,20H,3-4,13-15H2,1-2H3,(H,25,28). The lowest BCUT2D eigenvalue weighted by atomic mass is 10.1. The Hall–Kier alpha value is -1.69. The van der Waals surface area contributed by atoms with Crippen LogP contribution in [0.4, 0.5) is 0 Å². The summed E-state index contributed by atoms with van der Waals surface area (Å²) in [7, 11) is 0. The number of hydrogen-bond donors (Lipinski definition) is 1. The summed E-state index contributed by atoms with van der Waals surface area (Å²) in [6.45, 7) is 4.67. The molecular formula is C22H26Cl2N2O2S. The summed E-state index contributed by atoms with van der Waals surface area (Å²) >= 11 is 13.7. The second-order valence-electron chi connectivity index (χ2n) is 6.55. The number of likely N-dealkylation sites (N-methyl/N-ethyl adjacent to an activating group) is 1. The maximum Gasteiger partial charge on any atom is 0.242 e. The van der Waals surface area contributed by atoms with Crippen LogP contribution in [-0.2, 0) is 21.9 Å². The largest absolute Gasteiger partial charge is 0.355 e. The number of benzene rings is 2. The molecule has 0 saturated carbocycles. The predicted molar refractivity (Wildman–Crippen MR) is 122 cm³/mol. The van der Waals surface area contributed by atoms with Crippen LogP contribution in [0.2, 0.25) is 10.0 Å². The van der Waals surface area contributed by atoms with Gasteiger partial charge in [-0.1, -0.05) is 60.5 Å². The van der Waals surface area contributed by atoms with Crippen LogP contribution in [0.25, 0.3) is 0 Å². The number of thioether (sulfide) groups is 1. The smallest absolute Gasteiger partial charge is 0.242 e. The van der Waals surface area contributed by atoms with Gasteiger partial charge in [0.25, 0.3) is 0 Å². The summed E-state index contributed by atoms with van der Waals surface area (Å²) in [5.41, 5.74) is 1.92. The third-order valence-corrected chi connectivity index (χ3v) is 6.03. The Morgan fingerprint density at radius 2 is 1.76 bits per heavy atom. The van der Waals surface area contributed by atoms with Crippen LogP contribution in [0.1, 0.15) is 31.4 Å². The molecule has 0 bridgehead atoms. The maximum atomic E-state index is 13.1. The molecule has 29 heavy (non-hydrogen) atoms. The van der Waals surface area contributed by atoms with Crippen molar-refractivity contribution in [3.63, 3.8) is 0 Å². The Balaban J connectivity index is 2.11. The fourth-order valence-electron chi connectivity index (χ4n) is 2.94. The zero-order chi connectivity index (χ0) is 21.2. The Labute approximate surface area is 187 Å². The molecule has 2 aromatic carbocycles. The van der Waals surface area contributed by atoms with Gasteiger partial charge in [-0.05, 0) is 42.7 Å². The molecule has 2 aromatic rings. The fourth-order valence-corrected chi connectivity index (χ4v) is 4.27. The SMILES string of the molecule is CCNC(=O)C(CC)N(Cc1ccc(Cl)cc1)C(=O)CSCc1ccccc1Cl. The number of rotatable bonds is 10. The lowest BCUT2D eigenvalue weighted by molar-refractivity contribution is -0.139. The van der Waals surface area contributed by atoms with Crippen molar-refractivity contribution in [3.8, 4) is 0 Å². The molecule has 0 aliphatic rings. The predicted octanol–water partition coefficient (Wildman–Crippen LogP) is 5.17. The van der Waals surface area contributed by atoms with E-state index in [0.717, 1.165) is 11.1 Å². The summed E-state index contributed by atoms with van der Waals surface area (Å²) in [6, 6.07) is 14.4. The summed E-state index contributed by atoms with van der Waals surface area (Å²) in [4.78, 5) is 27.3. The van der Waals surface area contributed by atoms with Gasteiger partial charge in [0, 0.05) is 28.9 Å².